The molecule has 4 heteroatoms. The fourth-order valence-corrected chi connectivity index (χ4v) is 1.17. The van der Waals surface area contributed by atoms with Crippen LogP contribution in [-0.4, -0.2) is 5.11 Å². The summed E-state index contributed by atoms with van der Waals surface area (Å²) in [5, 5.41) is 9.81. The van der Waals surface area contributed by atoms with E-state index in [0.29, 0.717) is 11.1 Å². The Bertz CT molecular complexity index is 516. The third kappa shape index (κ3) is 1.12. The molecule has 0 radical (unpaired) electrons. The van der Waals surface area contributed by atoms with Gasteiger partial charge in [-0.15, -0.1) is 0 Å². The molecule has 0 atom stereocenters. The lowest BCUT2D eigenvalue weighted by Gasteiger charge is -2.00. The molecule has 0 saturated carbocycles. The van der Waals surface area contributed by atoms with E-state index >= 15 is 0 Å². The van der Waals surface area contributed by atoms with Crippen LogP contribution in [0.25, 0.3) is 11.0 Å². The molecule has 0 fully saturated rings. The zero-order chi connectivity index (χ0) is 9.42. The lowest BCUT2D eigenvalue weighted by molar-refractivity contribution is 0.479. The van der Waals surface area contributed by atoms with Crippen molar-refractivity contribution >= 4 is 16.7 Å². The minimum atomic E-state index is -0.482. The second kappa shape index (κ2) is 2.52. The first-order valence-corrected chi connectivity index (χ1v) is 3.70. The van der Waals surface area contributed by atoms with Gasteiger partial charge in [0, 0.05) is 6.07 Å². The number of hydrogen-bond donors (Lipinski definition) is 2. The number of hydrogen-bond acceptors (Lipinski definition) is 4. The molecule has 2 aromatic rings. The number of anilines is 1. The lowest BCUT2D eigenvalue weighted by atomic mass is 10.2. The van der Waals surface area contributed by atoms with Crippen LogP contribution in [0.15, 0.2) is 33.5 Å². The van der Waals surface area contributed by atoms with E-state index in [0.717, 1.165) is 0 Å². The molecule has 13 heavy (non-hydrogen) atoms. The average molecular weight is 177 g/mol. The van der Waals surface area contributed by atoms with Crippen LogP contribution >= 0.6 is 0 Å². The summed E-state index contributed by atoms with van der Waals surface area (Å²) in [4.78, 5) is 10.8. The maximum absolute atomic E-state index is 10.8. The van der Waals surface area contributed by atoms with Gasteiger partial charge in [-0.1, -0.05) is 0 Å². The highest BCUT2D eigenvalue weighted by molar-refractivity contribution is 5.91. The van der Waals surface area contributed by atoms with Gasteiger partial charge in [-0.05, 0) is 18.2 Å². The predicted octanol–water partition coefficient (Wildman–Crippen LogP) is 1.08. The monoisotopic (exact) mass is 177 g/mol. The first-order valence-electron chi connectivity index (χ1n) is 3.70. The summed E-state index contributed by atoms with van der Waals surface area (Å²) in [6.45, 7) is 0. The number of aromatic hydroxyl groups is 1. The highest BCUT2D eigenvalue weighted by Gasteiger charge is 2.04. The van der Waals surface area contributed by atoms with Gasteiger partial charge >= 0.3 is 5.63 Å². The second-order valence-electron chi connectivity index (χ2n) is 2.67. The molecule has 66 valence electrons. The molecular formula is C9H7NO3. The Morgan fingerprint density at radius 3 is 2.77 bits per heavy atom. The summed E-state index contributed by atoms with van der Waals surface area (Å²) in [6.07, 6.45) is 0. The van der Waals surface area contributed by atoms with Crippen LogP contribution in [-0.2, 0) is 0 Å². The fourth-order valence-electron chi connectivity index (χ4n) is 1.17. The fraction of sp³-hybridized carbons (Fsp3) is 0. The summed E-state index contributed by atoms with van der Waals surface area (Å²) in [5.41, 5.74) is 5.64. The summed E-state index contributed by atoms with van der Waals surface area (Å²) in [6, 6.07) is 5.66. The maximum atomic E-state index is 10.8. The third-order valence-electron chi connectivity index (χ3n) is 1.79. The quantitative estimate of drug-likeness (QED) is 0.358. The summed E-state index contributed by atoms with van der Waals surface area (Å²) >= 11 is 0. The standard InChI is InChI=1S/C9H7NO3/c10-6-2-3-7(11)5-1-4-8(12)13-9(5)6/h1-4,11H,10H2. The van der Waals surface area contributed by atoms with E-state index in [4.69, 9.17) is 10.2 Å². The van der Waals surface area contributed by atoms with Crippen LogP contribution in [0.1, 0.15) is 0 Å². The van der Waals surface area contributed by atoms with E-state index in [2.05, 4.69) is 0 Å². The minimum absolute atomic E-state index is 0.0490. The Hall–Kier alpha value is -1.97. The smallest absolute Gasteiger partial charge is 0.336 e. The first kappa shape index (κ1) is 7.67. The average Bonchev–Trinajstić information content (AvgIpc) is 2.12. The Balaban J connectivity index is 3.00. The number of nitrogen functional groups attached to an aromatic ring is 1. The first-order chi connectivity index (χ1) is 6.18. The van der Waals surface area contributed by atoms with Gasteiger partial charge in [0.1, 0.15) is 5.75 Å². The molecule has 0 amide bonds. The van der Waals surface area contributed by atoms with Crippen molar-refractivity contribution in [1.82, 2.24) is 0 Å². The van der Waals surface area contributed by atoms with Gasteiger partial charge in [-0.2, -0.15) is 0 Å². The zero-order valence-corrected chi connectivity index (χ0v) is 6.65. The minimum Gasteiger partial charge on any atom is -0.507 e. The van der Waals surface area contributed by atoms with Crippen molar-refractivity contribution in [1.29, 1.82) is 0 Å². The van der Waals surface area contributed by atoms with Crippen LogP contribution in [0, 0.1) is 0 Å². The molecular weight excluding hydrogens is 170 g/mol. The number of phenols is 1. The zero-order valence-electron chi connectivity index (χ0n) is 6.65. The second-order valence-corrected chi connectivity index (χ2v) is 2.67. The lowest BCUT2D eigenvalue weighted by Crippen LogP contribution is -1.96. The molecule has 1 heterocycles. The Morgan fingerprint density at radius 2 is 2.00 bits per heavy atom. The SMILES string of the molecule is Nc1ccc(O)c2ccc(=O)oc12. The normalized spacial score (nSPS) is 10.5. The number of rotatable bonds is 0. The van der Waals surface area contributed by atoms with Crippen molar-refractivity contribution in [3.63, 3.8) is 0 Å². The van der Waals surface area contributed by atoms with Crippen LogP contribution in [0.5, 0.6) is 5.75 Å². The summed E-state index contributed by atoms with van der Waals surface area (Å²) in [7, 11) is 0. The van der Waals surface area contributed by atoms with Gasteiger partial charge in [0.05, 0.1) is 11.1 Å². The van der Waals surface area contributed by atoms with Crippen molar-refractivity contribution in [2.45, 2.75) is 0 Å². The Morgan fingerprint density at radius 1 is 1.23 bits per heavy atom. The third-order valence-corrected chi connectivity index (χ3v) is 1.79. The van der Waals surface area contributed by atoms with Crippen LogP contribution in [0.4, 0.5) is 5.69 Å². The van der Waals surface area contributed by atoms with Crippen molar-refractivity contribution in [2.75, 3.05) is 5.73 Å². The van der Waals surface area contributed by atoms with E-state index in [-0.39, 0.29) is 11.3 Å². The number of nitrogens with two attached hydrogens (primary N) is 1. The van der Waals surface area contributed by atoms with Gasteiger partial charge in [0.25, 0.3) is 0 Å². The summed E-state index contributed by atoms with van der Waals surface area (Å²) < 4.78 is 4.83. The van der Waals surface area contributed by atoms with Crippen LogP contribution in [0.2, 0.25) is 0 Å². The molecule has 2 rings (SSSR count). The molecule has 0 spiro atoms. The Kier molecular flexibility index (Phi) is 1.48. The van der Waals surface area contributed by atoms with E-state index in [1.807, 2.05) is 0 Å². The number of phenolic OH excluding ortho intramolecular Hbond substituents is 1. The van der Waals surface area contributed by atoms with Crippen LogP contribution < -0.4 is 11.4 Å². The van der Waals surface area contributed by atoms with E-state index < -0.39 is 5.63 Å². The van der Waals surface area contributed by atoms with Gasteiger partial charge in [0.2, 0.25) is 0 Å². The molecule has 3 N–H and O–H groups in total. The van der Waals surface area contributed by atoms with E-state index in [1.165, 1.54) is 24.3 Å². The molecule has 1 aromatic heterocycles. The Labute approximate surface area is 73.2 Å². The van der Waals surface area contributed by atoms with Crippen LogP contribution in [0.3, 0.4) is 0 Å². The summed E-state index contributed by atoms with van der Waals surface area (Å²) in [5.74, 6) is 0.0490. The van der Waals surface area contributed by atoms with E-state index in [9.17, 15) is 9.90 Å². The molecule has 0 unspecified atom stereocenters. The molecule has 4 nitrogen and oxygen atoms in total. The molecule has 0 aliphatic heterocycles. The predicted molar refractivity (Wildman–Crippen MR) is 48.6 cm³/mol. The van der Waals surface area contributed by atoms with Gasteiger partial charge in [-0.3, -0.25) is 0 Å². The van der Waals surface area contributed by atoms with Crippen molar-refractivity contribution in [3.05, 3.63) is 34.7 Å². The van der Waals surface area contributed by atoms with Gasteiger partial charge in [-0.25, -0.2) is 4.79 Å². The van der Waals surface area contributed by atoms with Crippen molar-refractivity contribution in [2.24, 2.45) is 0 Å². The number of benzene rings is 1. The van der Waals surface area contributed by atoms with Gasteiger partial charge in [0.15, 0.2) is 5.58 Å². The molecule has 0 aliphatic carbocycles. The maximum Gasteiger partial charge on any atom is 0.336 e. The largest absolute Gasteiger partial charge is 0.507 e. The van der Waals surface area contributed by atoms with Gasteiger partial charge < -0.3 is 15.3 Å². The highest BCUT2D eigenvalue weighted by Crippen LogP contribution is 2.27. The topological polar surface area (TPSA) is 76.5 Å². The molecule has 0 bridgehead atoms. The van der Waals surface area contributed by atoms with E-state index in [1.54, 1.807) is 0 Å². The highest BCUT2D eigenvalue weighted by atomic mass is 16.4. The van der Waals surface area contributed by atoms with Crippen molar-refractivity contribution < 1.29 is 9.52 Å². The van der Waals surface area contributed by atoms with Crippen molar-refractivity contribution in [3.8, 4) is 5.75 Å². The molecule has 0 saturated heterocycles. The number of fused-ring (bicyclic) bond motifs is 1. The molecule has 0 aliphatic rings. The molecule has 1 aromatic carbocycles.